The van der Waals surface area contributed by atoms with Crippen molar-refractivity contribution < 1.29 is 4.79 Å². The molecule has 5 heteroatoms. The third kappa shape index (κ3) is 4.57. The molecular formula is C20H26N4O. The summed E-state index contributed by atoms with van der Waals surface area (Å²) in [7, 11) is 0. The number of rotatable bonds is 5. The Morgan fingerprint density at radius 2 is 1.92 bits per heavy atom. The maximum Gasteiger partial charge on any atom is 0.315 e. The van der Waals surface area contributed by atoms with Gasteiger partial charge in [0.25, 0.3) is 0 Å². The number of hydrogen-bond acceptors (Lipinski definition) is 3. The zero-order chi connectivity index (χ0) is 17.6. The van der Waals surface area contributed by atoms with Crippen LogP contribution in [0.5, 0.6) is 0 Å². The molecule has 0 unspecified atom stereocenters. The molecule has 0 saturated heterocycles. The first kappa shape index (κ1) is 17.4. The second-order valence-corrected chi connectivity index (χ2v) is 6.67. The molecular weight excluding hydrogens is 312 g/mol. The molecule has 132 valence electrons. The number of carbonyl (C=O) groups is 1. The minimum atomic E-state index is -0.151. The molecule has 0 saturated carbocycles. The van der Waals surface area contributed by atoms with Crippen molar-refractivity contribution >= 4 is 6.03 Å². The van der Waals surface area contributed by atoms with E-state index in [2.05, 4.69) is 51.7 Å². The molecule has 2 atom stereocenters. The van der Waals surface area contributed by atoms with Gasteiger partial charge >= 0.3 is 6.03 Å². The van der Waals surface area contributed by atoms with Gasteiger partial charge in [-0.05, 0) is 43.5 Å². The van der Waals surface area contributed by atoms with Crippen molar-refractivity contribution in [1.82, 2.24) is 20.5 Å². The van der Waals surface area contributed by atoms with E-state index >= 15 is 0 Å². The highest BCUT2D eigenvalue weighted by molar-refractivity contribution is 5.74. The standard InChI is InChI=1S/C20H26N4O/c1-15(24-12-10-17-7-3-4-8-18(17)14-24)13-22-20(25)23-16(2)19-9-5-6-11-21-19/h3-9,11,15-16H,10,12-14H2,1-2H3,(H2,22,23,25)/t15-,16+/m1/s1. The summed E-state index contributed by atoms with van der Waals surface area (Å²) in [4.78, 5) is 18.8. The smallest absolute Gasteiger partial charge is 0.315 e. The topological polar surface area (TPSA) is 57.3 Å². The molecule has 2 amide bonds. The fourth-order valence-electron chi connectivity index (χ4n) is 3.22. The summed E-state index contributed by atoms with van der Waals surface area (Å²) in [5.74, 6) is 0. The minimum absolute atomic E-state index is 0.113. The zero-order valence-corrected chi connectivity index (χ0v) is 14.9. The molecule has 0 aliphatic carbocycles. The number of aromatic nitrogens is 1. The molecule has 2 heterocycles. The number of benzene rings is 1. The van der Waals surface area contributed by atoms with Crippen LogP contribution in [0.2, 0.25) is 0 Å². The van der Waals surface area contributed by atoms with Gasteiger partial charge in [0.2, 0.25) is 0 Å². The second kappa shape index (κ2) is 8.12. The van der Waals surface area contributed by atoms with Gasteiger partial charge in [0.05, 0.1) is 11.7 Å². The minimum Gasteiger partial charge on any atom is -0.337 e. The van der Waals surface area contributed by atoms with E-state index in [1.54, 1.807) is 6.20 Å². The van der Waals surface area contributed by atoms with E-state index in [0.29, 0.717) is 12.6 Å². The lowest BCUT2D eigenvalue weighted by atomic mass is 9.99. The van der Waals surface area contributed by atoms with Gasteiger partial charge in [0.15, 0.2) is 0 Å². The second-order valence-electron chi connectivity index (χ2n) is 6.67. The van der Waals surface area contributed by atoms with Crippen LogP contribution in [-0.2, 0) is 13.0 Å². The first-order chi connectivity index (χ1) is 12.1. The van der Waals surface area contributed by atoms with Gasteiger partial charge in [-0.25, -0.2) is 4.79 Å². The van der Waals surface area contributed by atoms with Crippen molar-refractivity contribution in [3.05, 3.63) is 65.5 Å². The van der Waals surface area contributed by atoms with Gasteiger partial charge in [0, 0.05) is 31.9 Å². The zero-order valence-electron chi connectivity index (χ0n) is 14.9. The van der Waals surface area contributed by atoms with E-state index in [0.717, 1.165) is 25.2 Å². The van der Waals surface area contributed by atoms with Crippen molar-refractivity contribution in [2.24, 2.45) is 0 Å². The Labute approximate surface area is 149 Å². The van der Waals surface area contributed by atoms with Crippen molar-refractivity contribution in [2.45, 2.75) is 38.9 Å². The largest absolute Gasteiger partial charge is 0.337 e. The molecule has 25 heavy (non-hydrogen) atoms. The lowest BCUT2D eigenvalue weighted by Crippen LogP contribution is -2.47. The summed E-state index contributed by atoms with van der Waals surface area (Å²) in [6.07, 6.45) is 2.81. The molecule has 3 rings (SSSR count). The highest BCUT2D eigenvalue weighted by atomic mass is 16.2. The lowest BCUT2D eigenvalue weighted by Gasteiger charge is -2.33. The Bertz CT molecular complexity index is 704. The number of hydrogen-bond donors (Lipinski definition) is 2. The summed E-state index contributed by atoms with van der Waals surface area (Å²) in [6, 6.07) is 14.3. The Morgan fingerprint density at radius 1 is 1.16 bits per heavy atom. The van der Waals surface area contributed by atoms with Gasteiger partial charge in [-0.3, -0.25) is 9.88 Å². The van der Waals surface area contributed by atoms with Crippen LogP contribution in [0.4, 0.5) is 4.79 Å². The predicted octanol–water partition coefficient (Wildman–Crippen LogP) is 2.89. The van der Waals surface area contributed by atoms with Crippen LogP contribution in [0, 0.1) is 0 Å². The maximum absolute atomic E-state index is 12.1. The van der Waals surface area contributed by atoms with Crippen LogP contribution in [0.3, 0.4) is 0 Å². The molecule has 1 aliphatic heterocycles. The first-order valence-corrected chi connectivity index (χ1v) is 8.89. The van der Waals surface area contributed by atoms with Crippen LogP contribution >= 0.6 is 0 Å². The number of amides is 2. The van der Waals surface area contributed by atoms with E-state index in [1.807, 2.05) is 25.1 Å². The average molecular weight is 338 g/mol. The number of nitrogens with zero attached hydrogens (tertiary/aromatic N) is 2. The quantitative estimate of drug-likeness (QED) is 0.881. The number of carbonyl (C=O) groups excluding carboxylic acids is 1. The number of urea groups is 1. The summed E-state index contributed by atoms with van der Waals surface area (Å²) < 4.78 is 0. The molecule has 2 N–H and O–H groups in total. The van der Waals surface area contributed by atoms with Crippen molar-refractivity contribution in [3.63, 3.8) is 0 Å². The van der Waals surface area contributed by atoms with Crippen LogP contribution < -0.4 is 10.6 Å². The van der Waals surface area contributed by atoms with Crippen molar-refractivity contribution in [3.8, 4) is 0 Å². The third-order valence-corrected chi connectivity index (χ3v) is 4.82. The van der Waals surface area contributed by atoms with E-state index in [9.17, 15) is 4.79 Å². The van der Waals surface area contributed by atoms with E-state index < -0.39 is 0 Å². The highest BCUT2D eigenvalue weighted by Gasteiger charge is 2.21. The average Bonchev–Trinajstić information content (AvgIpc) is 2.66. The normalized spacial score (nSPS) is 16.6. The Morgan fingerprint density at radius 3 is 2.68 bits per heavy atom. The summed E-state index contributed by atoms with van der Waals surface area (Å²) in [5, 5.41) is 5.92. The summed E-state index contributed by atoms with van der Waals surface area (Å²) in [5.41, 5.74) is 3.70. The van der Waals surface area contributed by atoms with Crippen molar-refractivity contribution in [1.29, 1.82) is 0 Å². The Hall–Kier alpha value is -2.40. The molecule has 1 aromatic heterocycles. The molecule has 0 radical (unpaired) electrons. The third-order valence-electron chi connectivity index (χ3n) is 4.82. The van der Waals surface area contributed by atoms with Gasteiger partial charge in [-0.1, -0.05) is 30.3 Å². The van der Waals surface area contributed by atoms with Crippen LogP contribution in [0.1, 0.15) is 36.7 Å². The number of fused-ring (bicyclic) bond motifs is 1. The van der Waals surface area contributed by atoms with E-state index in [4.69, 9.17) is 0 Å². The molecule has 0 spiro atoms. The summed E-state index contributed by atoms with van der Waals surface area (Å²) >= 11 is 0. The molecule has 0 fully saturated rings. The Kier molecular flexibility index (Phi) is 5.66. The van der Waals surface area contributed by atoms with Crippen LogP contribution in [-0.4, -0.2) is 35.0 Å². The molecule has 2 aromatic rings. The van der Waals surface area contributed by atoms with Gasteiger partial charge < -0.3 is 10.6 Å². The monoisotopic (exact) mass is 338 g/mol. The molecule has 1 aliphatic rings. The number of nitrogens with one attached hydrogen (secondary N) is 2. The van der Waals surface area contributed by atoms with E-state index in [1.165, 1.54) is 11.1 Å². The fourth-order valence-corrected chi connectivity index (χ4v) is 3.22. The van der Waals surface area contributed by atoms with Crippen LogP contribution in [0.25, 0.3) is 0 Å². The van der Waals surface area contributed by atoms with Crippen molar-refractivity contribution in [2.75, 3.05) is 13.1 Å². The molecule has 1 aromatic carbocycles. The number of pyridine rings is 1. The summed E-state index contributed by atoms with van der Waals surface area (Å²) in [6.45, 7) is 6.71. The molecule has 5 nitrogen and oxygen atoms in total. The molecule has 0 bridgehead atoms. The van der Waals surface area contributed by atoms with E-state index in [-0.39, 0.29) is 12.1 Å². The van der Waals surface area contributed by atoms with Gasteiger partial charge in [-0.15, -0.1) is 0 Å². The SMILES string of the molecule is C[C@H](NC(=O)NC[C@@H](C)N1CCc2ccccc2C1)c1ccccn1. The van der Waals surface area contributed by atoms with Crippen LogP contribution in [0.15, 0.2) is 48.7 Å². The Balaban J connectivity index is 1.46. The maximum atomic E-state index is 12.1. The highest BCUT2D eigenvalue weighted by Crippen LogP contribution is 2.19. The van der Waals surface area contributed by atoms with Gasteiger partial charge in [0.1, 0.15) is 0 Å². The lowest BCUT2D eigenvalue weighted by molar-refractivity contribution is 0.184. The van der Waals surface area contributed by atoms with Gasteiger partial charge in [-0.2, -0.15) is 0 Å². The fraction of sp³-hybridized carbons (Fsp3) is 0.400. The first-order valence-electron chi connectivity index (χ1n) is 8.89. The predicted molar refractivity (Wildman–Crippen MR) is 99.2 cm³/mol.